The SMILES string of the molecule is CC.CC(C=O)C(C)(C)C.CNC1(CO)CC1. The van der Waals surface area contributed by atoms with E-state index in [0.717, 1.165) is 19.1 Å². The van der Waals surface area contributed by atoms with E-state index in [2.05, 4.69) is 26.1 Å². The topological polar surface area (TPSA) is 49.3 Å². The smallest absolute Gasteiger partial charge is 0.123 e. The molecule has 1 fully saturated rings. The predicted octanol–water partition coefficient (Wildman–Crippen LogP) is 2.62. The first-order chi connectivity index (χ1) is 7.81. The van der Waals surface area contributed by atoms with Gasteiger partial charge in [0.2, 0.25) is 0 Å². The van der Waals surface area contributed by atoms with E-state index >= 15 is 0 Å². The molecular formula is C14H31NO2. The van der Waals surface area contributed by atoms with Crippen LogP contribution in [0.25, 0.3) is 0 Å². The van der Waals surface area contributed by atoms with Gasteiger partial charge in [-0.1, -0.05) is 41.5 Å². The second-order valence-corrected chi connectivity index (χ2v) is 5.48. The van der Waals surface area contributed by atoms with Gasteiger partial charge in [0, 0.05) is 11.5 Å². The minimum atomic E-state index is 0.139. The minimum Gasteiger partial charge on any atom is -0.394 e. The summed E-state index contributed by atoms with van der Waals surface area (Å²) in [5.74, 6) is 0.169. The van der Waals surface area contributed by atoms with E-state index in [4.69, 9.17) is 5.11 Å². The predicted molar refractivity (Wildman–Crippen MR) is 74.1 cm³/mol. The number of aliphatic hydroxyl groups is 1. The van der Waals surface area contributed by atoms with Crippen LogP contribution in [0, 0.1) is 11.3 Å². The van der Waals surface area contributed by atoms with Gasteiger partial charge in [-0.3, -0.25) is 0 Å². The van der Waals surface area contributed by atoms with Gasteiger partial charge >= 0.3 is 0 Å². The first-order valence-corrected chi connectivity index (χ1v) is 6.56. The summed E-state index contributed by atoms with van der Waals surface area (Å²) in [5, 5.41) is 11.6. The number of rotatable bonds is 3. The number of hydrogen-bond donors (Lipinski definition) is 2. The Hall–Kier alpha value is -0.410. The average Bonchev–Trinajstić information content (AvgIpc) is 3.10. The summed E-state index contributed by atoms with van der Waals surface area (Å²) in [6.45, 7) is 12.4. The van der Waals surface area contributed by atoms with Gasteiger partial charge in [0.05, 0.1) is 6.61 Å². The van der Waals surface area contributed by atoms with Crippen molar-refractivity contribution in [1.82, 2.24) is 5.32 Å². The van der Waals surface area contributed by atoms with Crippen molar-refractivity contribution in [2.24, 2.45) is 11.3 Å². The van der Waals surface area contributed by atoms with Gasteiger partial charge in [0.1, 0.15) is 6.29 Å². The summed E-state index contributed by atoms with van der Waals surface area (Å²) in [5.41, 5.74) is 0.280. The molecular weight excluding hydrogens is 214 g/mol. The van der Waals surface area contributed by atoms with E-state index in [-0.39, 0.29) is 16.9 Å². The van der Waals surface area contributed by atoms with Gasteiger partial charge < -0.3 is 15.2 Å². The van der Waals surface area contributed by atoms with Gasteiger partial charge in [0.15, 0.2) is 0 Å². The molecule has 0 aromatic heterocycles. The quantitative estimate of drug-likeness (QED) is 0.752. The first kappa shape index (κ1) is 18.9. The van der Waals surface area contributed by atoms with Crippen LogP contribution in [-0.2, 0) is 4.79 Å². The third kappa shape index (κ3) is 8.33. The molecule has 0 bridgehead atoms. The van der Waals surface area contributed by atoms with Crippen LogP contribution in [0.3, 0.4) is 0 Å². The highest BCUT2D eigenvalue weighted by molar-refractivity contribution is 5.53. The van der Waals surface area contributed by atoms with Gasteiger partial charge in [-0.05, 0) is 25.3 Å². The van der Waals surface area contributed by atoms with Gasteiger partial charge in [0.25, 0.3) is 0 Å². The third-order valence-electron chi connectivity index (χ3n) is 3.26. The second kappa shape index (κ2) is 8.65. The summed E-state index contributed by atoms with van der Waals surface area (Å²) >= 11 is 0. The normalized spacial score (nSPS) is 17.9. The standard InChI is InChI=1S/C7H14O.C5H11NO.C2H6/c1-6(5-8)7(2,3)4;1-6-5(4-7)2-3-5;1-2/h5-6H,1-4H3;6-7H,2-4H2,1H3;1-2H3. The highest BCUT2D eigenvalue weighted by Crippen LogP contribution is 2.33. The monoisotopic (exact) mass is 245 g/mol. The zero-order valence-electron chi connectivity index (χ0n) is 12.6. The van der Waals surface area contributed by atoms with Crippen LogP contribution in [-0.4, -0.2) is 30.6 Å². The van der Waals surface area contributed by atoms with E-state index < -0.39 is 0 Å². The van der Waals surface area contributed by atoms with Crippen LogP contribution >= 0.6 is 0 Å². The summed E-state index contributed by atoms with van der Waals surface area (Å²) in [6, 6.07) is 0. The van der Waals surface area contributed by atoms with Crippen molar-refractivity contribution in [1.29, 1.82) is 0 Å². The molecule has 0 radical (unpaired) electrons. The van der Waals surface area contributed by atoms with Crippen LogP contribution < -0.4 is 5.32 Å². The largest absolute Gasteiger partial charge is 0.394 e. The third-order valence-corrected chi connectivity index (χ3v) is 3.26. The van der Waals surface area contributed by atoms with E-state index in [1.165, 1.54) is 0 Å². The Bertz CT molecular complexity index is 187. The Morgan fingerprint density at radius 3 is 1.76 bits per heavy atom. The number of likely N-dealkylation sites (N-methyl/N-ethyl adjacent to an activating group) is 1. The first-order valence-electron chi connectivity index (χ1n) is 6.56. The second-order valence-electron chi connectivity index (χ2n) is 5.48. The van der Waals surface area contributed by atoms with Crippen LogP contribution in [0.5, 0.6) is 0 Å². The molecule has 0 aromatic rings. The van der Waals surface area contributed by atoms with Crippen molar-refractivity contribution in [3.63, 3.8) is 0 Å². The molecule has 1 atom stereocenters. The molecule has 104 valence electrons. The maximum atomic E-state index is 10.2. The highest BCUT2D eigenvalue weighted by atomic mass is 16.3. The lowest BCUT2D eigenvalue weighted by molar-refractivity contribution is -0.113. The maximum absolute atomic E-state index is 10.2. The summed E-state index contributed by atoms with van der Waals surface area (Å²) in [4.78, 5) is 10.2. The molecule has 1 rings (SSSR count). The molecule has 0 amide bonds. The molecule has 0 aromatic carbocycles. The molecule has 1 saturated carbocycles. The zero-order valence-corrected chi connectivity index (χ0v) is 12.6. The van der Waals surface area contributed by atoms with Gasteiger partial charge in [-0.25, -0.2) is 0 Å². The number of aliphatic hydroxyl groups excluding tert-OH is 1. The molecule has 3 nitrogen and oxygen atoms in total. The molecule has 1 aliphatic rings. The average molecular weight is 245 g/mol. The number of carbonyl (C=O) groups excluding carboxylic acids is 1. The fourth-order valence-electron chi connectivity index (χ4n) is 0.842. The fourth-order valence-corrected chi connectivity index (χ4v) is 0.842. The Labute approximate surface area is 107 Å². The van der Waals surface area contributed by atoms with Crippen LogP contribution in [0.4, 0.5) is 0 Å². The molecule has 1 aliphatic carbocycles. The van der Waals surface area contributed by atoms with E-state index in [0.29, 0.717) is 6.61 Å². The van der Waals surface area contributed by atoms with Crippen LogP contribution in [0.1, 0.15) is 54.4 Å². The van der Waals surface area contributed by atoms with Crippen molar-refractivity contribution in [2.75, 3.05) is 13.7 Å². The van der Waals surface area contributed by atoms with E-state index in [1.807, 2.05) is 27.8 Å². The van der Waals surface area contributed by atoms with E-state index in [1.54, 1.807) is 0 Å². The van der Waals surface area contributed by atoms with Gasteiger partial charge in [-0.15, -0.1) is 0 Å². The van der Waals surface area contributed by atoms with Crippen molar-refractivity contribution in [3.8, 4) is 0 Å². The van der Waals surface area contributed by atoms with Crippen molar-refractivity contribution >= 4 is 6.29 Å². The number of aldehydes is 1. The number of hydrogen-bond acceptors (Lipinski definition) is 3. The summed E-state index contributed by atoms with van der Waals surface area (Å²) in [6.07, 6.45) is 3.28. The maximum Gasteiger partial charge on any atom is 0.123 e. The Morgan fingerprint density at radius 1 is 1.35 bits per heavy atom. The minimum absolute atomic E-state index is 0.139. The lowest BCUT2D eigenvalue weighted by atomic mass is 9.83. The molecule has 0 saturated heterocycles. The van der Waals surface area contributed by atoms with Crippen molar-refractivity contribution in [2.45, 2.75) is 59.9 Å². The van der Waals surface area contributed by atoms with Crippen molar-refractivity contribution in [3.05, 3.63) is 0 Å². The highest BCUT2D eigenvalue weighted by Gasteiger charge is 2.39. The molecule has 3 heteroatoms. The Kier molecular flexibility index (Phi) is 9.64. The fraction of sp³-hybridized carbons (Fsp3) is 0.929. The molecule has 0 spiro atoms. The molecule has 0 heterocycles. The summed E-state index contributed by atoms with van der Waals surface area (Å²) in [7, 11) is 1.89. The molecule has 17 heavy (non-hydrogen) atoms. The number of nitrogens with one attached hydrogen (secondary N) is 1. The Morgan fingerprint density at radius 2 is 1.76 bits per heavy atom. The lowest BCUT2D eigenvalue weighted by Gasteiger charge is -2.21. The number of carbonyl (C=O) groups is 1. The molecule has 0 aliphatic heterocycles. The summed E-state index contributed by atoms with van der Waals surface area (Å²) < 4.78 is 0. The van der Waals surface area contributed by atoms with Crippen LogP contribution in [0.2, 0.25) is 0 Å². The molecule has 1 unspecified atom stereocenters. The van der Waals surface area contributed by atoms with Crippen LogP contribution in [0.15, 0.2) is 0 Å². The van der Waals surface area contributed by atoms with Gasteiger partial charge in [-0.2, -0.15) is 0 Å². The van der Waals surface area contributed by atoms with E-state index in [9.17, 15) is 4.79 Å². The lowest BCUT2D eigenvalue weighted by Crippen LogP contribution is -2.30. The molecule has 2 N–H and O–H groups in total. The van der Waals surface area contributed by atoms with Crippen molar-refractivity contribution < 1.29 is 9.90 Å². The Balaban J connectivity index is 0. The zero-order chi connectivity index (χ0) is 14.1.